The Hall–Kier alpha value is -0.750. The van der Waals surface area contributed by atoms with Gasteiger partial charge in [-0.3, -0.25) is 9.69 Å². The van der Waals surface area contributed by atoms with Crippen LogP contribution in [0.1, 0.15) is 6.42 Å². The van der Waals surface area contributed by atoms with Gasteiger partial charge in [-0.15, -0.1) is 21.8 Å². The van der Waals surface area contributed by atoms with Gasteiger partial charge in [0.25, 0.3) is 5.95 Å². The maximum atomic E-state index is 11.4. The summed E-state index contributed by atoms with van der Waals surface area (Å²) in [6.07, 6.45) is 1.83. The molecule has 7 heteroatoms. The summed E-state index contributed by atoms with van der Waals surface area (Å²) in [4.78, 5) is 16.8. The van der Waals surface area contributed by atoms with Crippen LogP contribution >= 0.6 is 27.5 Å². The zero-order valence-electron chi connectivity index (χ0n) is 7.02. The molecule has 1 amide bonds. The lowest BCUT2D eigenvalue weighted by atomic mass is 10.4. The van der Waals surface area contributed by atoms with Crippen LogP contribution in [0.2, 0.25) is 0 Å². The molecule has 2 rings (SSSR count). The van der Waals surface area contributed by atoms with E-state index < -0.39 is 0 Å². The molecular formula is C7H6BrClN4O. The minimum Gasteiger partial charge on any atom is -0.278 e. The summed E-state index contributed by atoms with van der Waals surface area (Å²) >= 11 is 8.95. The molecule has 0 saturated carbocycles. The number of hydrogen-bond acceptors (Lipinski definition) is 4. The van der Waals surface area contributed by atoms with E-state index in [9.17, 15) is 4.79 Å². The molecule has 1 saturated heterocycles. The van der Waals surface area contributed by atoms with Crippen molar-refractivity contribution in [2.24, 2.45) is 0 Å². The molecule has 2 heterocycles. The van der Waals surface area contributed by atoms with Gasteiger partial charge in [0.2, 0.25) is 5.91 Å². The Bertz CT molecular complexity index is 357. The van der Waals surface area contributed by atoms with Crippen LogP contribution in [0, 0.1) is 0 Å². The van der Waals surface area contributed by atoms with E-state index in [0.717, 1.165) is 0 Å². The van der Waals surface area contributed by atoms with Gasteiger partial charge in [0, 0.05) is 13.0 Å². The highest BCUT2D eigenvalue weighted by molar-refractivity contribution is 9.10. The van der Waals surface area contributed by atoms with Gasteiger partial charge >= 0.3 is 0 Å². The van der Waals surface area contributed by atoms with E-state index in [0.29, 0.717) is 23.5 Å². The van der Waals surface area contributed by atoms with Crippen LogP contribution in [-0.4, -0.2) is 33.0 Å². The number of rotatable bonds is 1. The Labute approximate surface area is 93.6 Å². The molecule has 0 radical (unpaired) electrons. The SMILES string of the molecule is O=C1CC(Cl)CN1c1ncc(Br)nn1. The number of nitrogens with zero attached hydrogens (tertiary/aromatic N) is 4. The van der Waals surface area contributed by atoms with Gasteiger partial charge in [0.1, 0.15) is 4.60 Å². The number of hydrogen-bond donors (Lipinski definition) is 0. The average molecular weight is 278 g/mol. The maximum absolute atomic E-state index is 11.4. The van der Waals surface area contributed by atoms with E-state index in [1.54, 1.807) is 0 Å². The van der Waals surface area contributed by atoms with Gasteiger partial charge in [0.05, 0.1) is 11.6 Å². The van der Waals surface area contributed by atoms with Crippen LogP contribution in [0.4, 0.5) is 5.95 Å². The molecule has 1 aromatic heterocycles. The van der Waals surface area contributed by atoms with Crippen LogP contribution in [-0.2, 0) is 4.79 Å². The minimum atomic E-state index is -0.158. The van der Waals surface area contributed by atoms with Crippen molar-refractivity contribution in [3.63, 3.8) is 0 Å². The summed E-state index contributed by atoms with van der Waals surface area (Å²) < 4.78 is 0.537. The number of halogens is 2. The molecule has 1 fully saturated rings. The molecule has 1 aliphatic rings. The smallest absolute Gasteiger partial charge is 0.252 e. The minimum absolute atomic E-state index is 0.0610. The first kappa shape index (κ1) is 9.79. The largest absolute Gasteiger partial charge is 0.278 e. The molecule has 0 aromatic carbocycles. The van der Waals surface area contributed by atoms with Gasteiger partial charge in [0.15, 0.2) is 0 Å². The molecular weight excluding hydrogens is 271 g/mol. The highest BCUT2D eigenvalue weighted by Gasteiger charge is 2.30. The van der Waals surface area contributed by atoms with Crippen LogP contribution in [0.15, 0.2) is 10.8 Å². The van der Waals surface area contributed by atoms with Gasteiger partial charge in [-0.25, -0.2) is 4.98 Å². The van der Waals surface area contributed by atoms with Crippen molar-refractivity contribution >= 4 is 39.4 Å². The van der Waals surface area contributed by atoms with Gasteiger partial charge in [-0.05, 0) is 15.9 Å². The van der Waals surface area contributed by atoms with Crippen molar-refractivity contribution in [1.29, 1.82) is 0 Å². The first-order chi connectivity index (χ1) is 6.66. The molecule has 0 bridgehead atoms. The zero-order valence-corrected chi connectivity index (χ0v) is 9.36. The third-order valence-electron chi connectivity index (χ3n) is 1.84. The fourth-order valence-corrected chi connectivity index (χ4v) is 1.69. The fraction of sp³-hybridized carbons (Fsp3) is 0.429. The Kier molecular flexibility index (Phi) is 2.64. The lowest BCUT2D eigenvalue weighted by molar-refractivity contribution is -0.117. The van der Waals surface area contributed by atoms with Crippen molar-refractivity contribution in [2.75, 3.05) is 11.4 Å². The van der Waals surface area contributed by atoms with Gasteiger partial charge < -0.3 is 0 Å². The summed E-state index contributed by atoms with van der Waals surface area (Å²) in [5, 5.41) is 7.38. The standard InChI is InChI=1S/C7H6BrClN4O/c8-5-2-10-7(12-11-5)13-3-4(9)1-6(13)14/h2,4H,1,3H2. The van der Waals surface area contributed by atoms with E-state index in [4.69, 9.17) is 11.6 Å². The number of carbonyl (C=O) groups is 1. The normalized spacial score (nSPS) is 21.7. The van der Waals surface area contributed by atoms with E-state index in [1.807, 2.05) is 0 Å². The van der Waals surface area contributed by atoms with Crippen molar-refractivity contribution in [2.45, 2.75) is 11.8 Å². The van der Waals surface area contributed by atoms with Crippen molar-refractivity contribution < 1.29 is 4.79 Å². The monoisotopic (exact) mass is 276 g/mol. The van der Waals surface area contributed by atoms with Crippen molar-refractivity contribution in [1.82, 2.24) is 15.2 Å². The average Bonchev–Trinajstić information content (AvgIpc) is 2.47. The molecule has 1 atom stereocenters. The summed E-state index contributed by atoms with van der Waals surface area (Å²) in [6.45, 7) is 0.448. The fourth-order valence-electron chi connectivity index (χ4n) is 1.24. The Morgan fingerprint density at radius 2 is 2.36 bits per heavy atom. The Morgan fingerprint density at radius 3 is 2.86 bits per heavy atom. The van der Waals surface area contributed by atoms with Gasteiger partial charge in [-0.2, -0.15) is 0 Å². The predicted molar refractivity (Wildman–Crippen MR) is 54.1 cm³/mol. The first-order valence-electron chi connectivity index (χ1n) is 3.96. The van der Waals surface area contributed by atoms with Crippen LogP contribution < -0.4 is 4.90 Å². The zero-order chi connectivity index (χ0) is 10.1. The first-order valence-corrected chi connectivity index (χ1v) is 5.19. The van der Waals surface area contributed by atoms with E-state index >= 15 is 0 Å². The molecule has 74 valence electrons. The van der Waals surface area contributed by atoms with E-state index in [2.05, 4.69) is 31.1 Å². The molecule has 1 unspecified atom stereocenters. The second-order valence-electron chi connectivity index (χ2n) is 2.89. The molecule has 5 nitrogen and oxygen atoms in total. The topological polar surface area (TPSA) is 59.0 Å². The number of anilines is 1. The number of amides is 1. The lowest BCUT2D eigenvalue weighted by Gasteiger charge is -2.11. The molecule has 14 heavy (non-hydrogen) atoms. The van der Waals surface area contributed by atoms with Crippen LogP contribution in [0.5, 0.6) is 0 Å². The maximum Gasteiger partial charge on any atom is 0.252 e. The second-order valence-corrected chi connectivity index (χ2v) is 4.32. The summed E-state index contributed by atoms with van der Waals surface area (Å²) in [5.41, 5.74) is 0. The third kappa shape index (κ3) is 1.85. The quantitative estimate of drug-likeness (QED) is 0.718. The summed E-state index contributed by atoms with van der Waals surface area (Å²) in [5.74, 6) is 0.246. The Morgan fingerprint density at radius 1 is 1.57 bits per heavy atom. The summed E-state index contributed by atoms with van der Waals surface area (Å²) in [6, 6.07) is 0. The molecule has 1 aliphatic heterocycles. The highest BCUT2D eigenvalue weighted by atomic mass is 79.9. The highest BCUT2D eigenvalue weighted by Crippen LogP contribution is 2.20. The Balaban J connectivity index is 2.23. The lowest BCUT2D eigenvalue weighted by Crippen LogP contribution is -2.26. The number of alkyl halides is 1. The molecule has 0 aliphatic carbocycles. The third-order valence-corrected chi connectivity index (χ3v) is 2.50. The van der Waals surface area contributed by atoms with E-state index in [-0.39, 0.29) is 11.3 Å². The van der Waals surface area contributed by atoms with Crippen molar-refractivity contribution in [3.8, 4) is 0 Å². The number of aromatic nitrogens is 3. The van der Waals surface area contributed by atoms with Crippen LogP contribution in [0.25, 0.3) is 0 Å². The molecule has 0 N–H and O–H groups in total. The van der Waals surface area contributed by atoms with E-state index in [1.165, 1.54) is 11.1 Å². The summed E-state index contributed by atoms with van der Waals surface area (Å²) in [7, 11) is 0. The number of carbonyl (C=O) groups excluding carboxylic acids is 1. The molecule has 0 spiro atoms. The van der Waals surface area contributed by atoms with Crippen LogP contribution in [0.3, 0.4) is 0 Å². The molecule has 1 aromatic rings. The van der Waals surface area contributed by atoms with Gasteiger partial charge in [-0.1, -0.05) is 0 Å². The van der Waals surface area contributed by atoms with Crippen molar-refractivity contribution in [3.05, 3.63) is 10.8 Å². The predicted octanol–water partition coefficient (Wildman–Crippen LogP) is 0.978. The second kappa shape index (κ2) is 3.78.